The Balaban J connectivity index is 2.09. The predicted molar refractivity (Wildman–Crippen MR) is 78.6 cm³/mol. The Morgan fingerprint density at radius 3 is 2.67 bits per heavy atom. The van der Waals surface area contributed by atoms with Gasteiger partial charge in [-0.05, 0) is 37.7 Å². The number of carbonyl (C=O) groups is 1. The lowest BCUT2D eigenvalue weighted by molar-refractivity contribution is 0.0693. The van der Waals surface area contributed by atoms with Gasteiger partial charge in [-0.1, -0.05) is 6.07 Å². The van der Waals surface area contributed by atoms with E-state index in [1.807, 2.05) is 26.1 Å². The van der Waals surface area contributed by atoms with Crippen LogP contribution in [0.5, 0.6) is 5.75 Å². The molecule has 0 unspecified atom stereocenters. The smallest absolute Gasteiger partial charge is 0.339 e. The van der Waals surface area contributed by atoms with Crippen LogP contribution in [-0.2, 0) is 13.1 Å². The molecular weight excluding hydrogens is 270 g/mol. The minimum Gasteiger partial charge on any atom is -0.496 e. The van der Waals surface area contributed by atoms with Crippen molar-refractivity contribution in [1.29, 1.82) is 0 Å². The van der Waals surface area contributed by atoms with Crippen molar-refractivity contribution in [2.45, 2.75) is 20.0 Å². The number of methoxy groups -OCH3 is 1. The molecule has 5 heteroatoms. The van der Waals surface area contributed by atoms with Crippen molar-refractivity contribution in [1.82, 2.24) is 4.90 Å². The van der Waals surface area contributed by atoms with Gasteiger partial charge < -0.3 is 14.3 Å². The fourth-order valence-electron chi connectivity index (χ4n) is 2.24. The first kappa shape index (κ1) is 15.1. The van der Waals surface area contributed by atoms with E-state index in [0.717, 1.165) is 23.4 Å². The number of hydrogen-bond donors (Lipinski definition) is 1. The summed E-state index contributed by atoms with van der Waals surface area (Å²) in [7, 11) is 3.48. The second kappa shape index (κ2) is 6.45. The zero-order valence-corrected chi connectivity index (χ0v) is 12.4. The molecule has 0 amide bonds. The van der Waals surface area contributed by atoms with Crippen molar-refractivity contribution in [3.05, 3.63) is 53.0 Å². The SMILES string of the molecule is COc1cc(CN(C)Cc2ccoc2C)ccc1C(=O)O. The van der Waals surface area contributed by atoms with Crippen molar-refractivity contribution in [3.63, 3.8) is 0 Å². The van der Waals surface area contributed by atoms with Gasteiger partial charge in [-0.3, -0.25) is 4.90 Å². The molecule has 0 aliphatic heterocycles. The number of hydrogen-bond acceptors (Lipinski definition) is 4. The van der Waals surface area contributed by atoms with E-state index in [1.165, 1.54) is 7.11 Å². The number of carboxylic acid groups (broad SMARTS) is 1. The maximum absolute atomic E-state index is 11.1. The molecule has 0 saturated heterocycles. The first-order valence-corrected chi connectivity index (χ1v) is 6.63. The fraction of sp³-hybridized carbons (Fsp3) is 0.312. The van der Waals surface area contributed by atoms with E-state index in [1.54, 1.807) is 18.4 Å². The minimum absolute atomic E-state index is 0.176. The zero-order valence-electron chi connectivity index (χ0n) is 12.4. The first-order chi connectivity index (χ1) is 10.0. The lowest BCUT2D eigenvalue weighted by atomic mass is 10.1. The molecule has 1 heterocycles. The number of furan rings is 1. The van der Waals surface area contributed by atoms with Crippen molar-refractivity contribution in [2.75, 3.05) is 14.2 Å². The maximum Gasteiger partial charge on any atom is 0.339 e. The third-order valence-electron chi connectivity index (χ3n) is 3.36. The minimum atomic E-state index is -0.985. The van der Waals surface area contributed by atoms with E-state index in [-0.39, 0.29) is 5.56 Å². The molecule has 1 aromatic heterocycles. The van der Waals surface area contributed by atoms with Crippen LogP contribution in [0.3, 0.4) is 0 Å². The van der Waals surface area contributed by atoms with Crippen molar-refractivity contribution in [3.8, 4) is 5.75 Å². The molecule has 21 heavy (non-hydrogen) atoms. The van der Waals surface area contributed by atoms with Crippen LogP contribution in [-0.4, -0.2) is 30.1 Å². The van der Waals surface area contributed by atoms with E-state index < -0.39 is 5.97 Å². The number of ether oxygens (including phenoxy) is 1. The average Bonchev–Trinajstić information content (AvgIpc) is 2.83. The van der Waals surface area contributed by atoms with Gasteiger partial charge in [-0.25, -0.2) is 4.79 Å². The summed E-state index contributed by atoms with van der Waals surface area (Å²) in [5, 5.41) is 9.07. The van der Waals surface area contributed by atoms with Crippen LogP contribution in [0, 0.1) is 6.92 Å². The van der Waals surface area contributed by atoms with E-state index >= 15 is 0 Å². The Kier molecular flexibility index (Phi) is 4.65. The van der Waals surface area contributed by atoms with Crippen molar-refractivity contribution in [2.24, 2.45) is 0 Å². The number of nitrogens with zero attached hydrogens (tertiary/aromatic N) is 1. The molecule has 0 saturated carbocycles. The molecule has 0 aliphatic rings. The number of carboxylic acids is 1. The van der Waals surface area contributed by atoms with Gasteiger partial charge in [0, 0.05) is 18.7 Å². The Labute approximate surface area is 123 Å². The third-order valence-corrected chi connectivity index (χ3v) is 3.36. The molecule has 112 valence electrons. The third kappa shape index (κ3) is 3.64. The average molecular weight is 289 g/mol. The van der Waals surface area contributed by atoms with E-state index in [2.05, 4.69) is 4.90 Å². The standard InChI is InChI=1S/C16H19NO4/c1-11-13(6-7-21-11)10-17(2)9-12-4-5-14(16(18)19)15(8-12)20-3/h4-8H,9-10H2,1-3H3,(H,18,19). The summed E-state index contributed by atoms with van der Waals surface area (Å²) in [5.41, 5.74) is 2.32. The number of benzene rings is 1. The Morgan fingerprint density at radius 2 is 2.10 bits per heavy atom. The van der Waals surface area contributed by atoms with Crippen LogP contribution in [0.1, 0.15) is 27.2 Å². The highest BCUT2D eigenvalue weighted by atomic mass is 16.5. The molecule has 5 nitrogen and oxygen atoms in total. The Bertz CT molecular complexity index is 633. The van der Waals surface area contributed by atoms with Gasteiger partial charge in [0.05, 0.1) is 13.4 Å². The number of aryl methyl sites for hydroxylation is 1. The monoisotopic (exact) mass is 289 g/mol. The van der Waals surface area contributed by atoms with E-state index in [0.29, 0.717) is 12.3 Å². The molecule has 0 bridgehead atoms. The van der Waals surface area contributed by atoms with Gasteiger partial charge in [0.2, 0.25) is 0 Å². The van der Waals surface area contributed by atoms with Gasteiger partial charge >= 0.3 is 5.97 Å². The normalized spacial score (nSPS) is 10.9. The maximum atomic E-state index is 11.1. The fourth-order valence-corrected chi connectivity index (χ4v) is 2.24. The highest BCUT2D eigenvalue weighted by Gasteiger charge is 2.12. The largest absolute Gasteiger partial charge is 0.496 e. The second-order valence-electron chi connectivity index (χ2n) is 5.01. The molecular formula is C16H19NO4. The lowest BCUT2D eigenvalue weighted by Crippen LogP contribution is -2.17. The highest BCUT2D eigenvalue weighted by molar-refractivity contribution is 5.90. The quantitative estimate of drug-likeness (QED) is 0.886. The Morgan fingerprint density at radius 1 is 1.33 bits per heavy atom. The summed E-state index contributed by atoms with van der Waals surface area (Å²) < 4.78 is 10.4. The van der Waals surface area contributed by atoms with Gasteiger partial charge in [0.15, 0.2) is 0 Å². The topological polar surface area (TPSA) is 62.9 Å². The molecule has 2 rings (SSSR count). The molecule has 0 radical (unpaired) electrons. The first-order valence-electron chi connectivity index (χ1n) is 6.63. The van der Waals surface area contributed by atoms with Gasteiger partial charge in [0.1, 0.15) is 17.1 Å². The molecule has 1 N–H and O–H groups in total. The van der Waals surface area contributed by atoms with Crippen LogP contribution >= 0.6 is 0 Å². The molecule has 1 aromatic carbocycles. The van der Waals surface area contributed by atoms with Crippen molar-refractivity contribution < 1.29 is 19.1 Å². The predicted octanol–water partition coefficient (Wildman–Crippen LogP) is 2.93. The molecule has 0 fully saturated rings. The number of aromatic carboxylic acids is 1. The van der Waals surface area contributed by atoms with E-state index in [9.17, 15) is 4.79 Å². The summed E-state index contributed by atoms with van der Waals surface area (Å²) in [6.45, 7) is 3.40. The summed E-state index contributed by atoms with van der Waals surface area (Å²) in [4.78, 5) is 13.2. The molecule has 0 aliphatic carbocycles. The molecule has 2 aromatic rings. The summed E-state index contributed by atoms with van der Waals surface area (Å²) in [6, 6.07) is 7.11. The summed E-state index contributed by atoms with van der Waals surface area (Å²) in [6.07, 6.45) is 1.68. The van der Waals surface area contributed by atoms with Crippen LogP contribution < -0.4 is 4.74 Å². The van der Waals surface area contributed by atoms with Crippen LogP contribution in [0.25, 0.3) is 0 Å². The van der Waals surface area contributed by atoms with E-state index in [4.69, 9.17) is 14.3 Å². The summed E-state index contributed by atoms with van der Waals surface area (Å²) >= 11 is 0. The van der Waals surface area contributed by atoms with Crippen molar-refractivity contribution >= 4 is 5.97 Å². The highest BCUT2D eigenvalue weighted by Crippen LogP contribution is 2.21. The second-order valence-corrected chi connectivity index (χ2v) is 5.01. The van der Waals surface area contributed by atoms with Gasteiger partial charge in [-0.15, -0.1) is 0 Å². The molecule has 0 atom stereocenters. The molecule has 0 spiro atoms. The van der Waals surface area contributed by atoms with Crippen LogP contribution in [0.4, 0.5) is 0 Å². The summed E-state index contributed by atoms with van der Waals surface area (Å²) in [5.74, 6) is 0.314. The van der Waals surface area contributed by atoms with Crippen LogP contribution in [0.2, 0.25) is 0 Å². The number of rotatable bonds is 6. The van der Waals surface area contributed by atoms with Gasteiger partial charge in [0.25, 0.3) is 0 Å². The lowest BCUT2D eigenvalue weighted by Gasteiger charge is -2.17. The zero-order chi connectivity index (χ0) is 15.4. The van der Waals surface area contributed by atoms with Crippen LogP contribution in [0.15, 0.2) is 34.9 Å². The van der Waals surface area contributed by atoms with Gasteiger partial charge in [-0.2, -0.15) is 0 Å². The Hall–Kier alpha value is -2.27.